The summed E-state index contributed by atoms with van der Waals surface area (Å²) in [5, 5.41) is 0. The Labute approximate surface area is 133 Å². The normalized spacial score (nSPS) is 23.9. The Morgan fingerprint density at radius 3 is 2.77 bits per heavy atom. The zero-order valence-corrected chi connectivity index (χ0v) is 14.1. The Bertz CT molecular complexity index is 628. The lowest BCUT2D eigenvalue weighted by molar-refractivity contribution is 0.0360. The molecular formula is C16H24N2O3S. The van der Waals surface area contributed by atoms with Crippen LogP contribution in [0.3, 0.4) is 0 Å². The minimum Gasteiger partial charge on any atom is -0.378 e. The van der Waals surface area contributed by atoms with E-state index in [0.717, 1.165) is 24.0 Å². The first kappa shape index (κ1) is 15.9. The van der Waals surface area contributed by atoms with E-state index in [1.165, 1.54) is 0 Å². The molecule has 0 radical (unpaired) electrons. The highest BCUT2D eigenvalue weighted by atomic mass is 32.2. The second kappa shape index (κ2) is 6.28. The maximum absolute atomic E-state index is 13.1. The molecule has 1 aromatic rings. The Kier molecular flexibility index (Phi) is 4.54. The molecule has 6 heteroatoms. The van der Waals surface area contributed by atoms with E-state index in [-0.39, 0.29) is 12.1 Å². The van der Waals surface area contributed by atoms with Crippen molar-refractivity contribution in [1.29, 1.82) is 0 Å². The molecule has 1 aliphatic carbocycles. The minimum absolute atomic E-state index is 0.0995. The molecule has 1 saturated heterocycles. The fourth-order valence-corrected chi connectivity index (χ4v) is 4.93. The maximum Gasteiger partial charge on any atom is 0.282 e. The molecule has 22 heavy (non-hydrogen) atoms. The van der Waals surface area contributed by atoms with Crippen LogP contribution in [0.15, 0.2) is 24.3 Å². The van der Waals surface area contributed by atoms with Crippen molar-refractivity contribution in [2.24, 2.45) is 0 Å². The van der Waals surface area contributed by atoms with Gasteiger partial charge < -0.3 is 4.74 Å². The average molecular weight is 324 g/mol. The molecule has 2 fully saturated rings. The summed E-state index contributed by atoms with van der Waals surface area (Å²) < 4.78 is 34.8. The molecule has 0 bridgehead atoms. The minimum atomic E-state index is -3.43. The highest BCUT2D eigenvalue weighted by Crippen LogP contribution is 2.33. The van der Waals surface area contributed by atoms with E-state index in [4.69, 9.17) is 4.74 Å². The summed E-state index contributed by atoms with van der Waals surface area (Å²) in [6, 6.07) is 8.13. The van der Waals surface area contributed by atoms with Gasteiger partial charge in [-0.05, 0) is 32.3 Å². The number of hydrogen-bond acceptors (Lipinski definition) is 3. The van der Waals surface area contributed by atoms with E-state index >= 15 is 0 Å². The average Bonchev–Trinajstić information content (AvgIpc) is 3.29. The van der Waals surface area contributed by atoms with Crippen LogP contribution < -0.4 is 0 Å². The zero-order valence-electron chi connectivity index (χ0n) is 13.2. The van der Waals surface area contributed by atoms with Crippen molar-refractivity contribution in [3.63, 3.8) is 0 Å². The summed E-state index contributed by atoms with van der Waals surface area (Å²) in [5.41, 5.74) is 2.21. The number of morpholine rings is 1. The first-order valence-electron chi connectivity index (χ1n) is 7.90. The van der Waals surface area contributed by atoms with Gasteiger partial charge in [0.15, 0.2) is 0 Å². The van der Waals surface area contributed by atoms with E-state index in [1.807, 2.05) is 32.0 Å². The van der Waals surface area contributed by atoms with Crippen molar-refractivity contribution in [1.82, 2.24) is 8.61 Å². The fraction of sp³-hybridized carbons (Fsp3) is 0.625. The van der Waals surface area contributed by atoms with Gasteiger partial charge in [0, 0.05) is 25.2 Å². The van der Waals surface area contributed by atoms with Crippen LogP contribution in [-0.4, -0.2) is 48.9 Å². The van der Waals surface area contributed by atoms with Crippen LogP contribution in [0.1, 0.15) is 30.9 Å². The summed E-state index contributed by atoms with van der Waals surface area (Å²) in [4.78, 5) is 0. The molecular weight excluding hydrogens is 300 g/mol. The number of nitrogens with zero attached hydrogens (tertiary/aromatic N) is 2. The van der Waals surface area contributed by atoms with Gasteiger partial charge in [0.05, 0.1) is 13.2 Å². The molecule has 3 rings (SSSR count). The van der Waals surface area contributed by atoms with Crippen molar-refractivity contribution in [3.8, 4) is 0 Å². The predicted octanol–water partition coefficient (Wildman–Crippen LogP) is 1.92. The number of hydrogen-bond donors (Lipinski definition) is 0. The number of ether oxygens (including phenoxy) is 1. The van der Waals surface area contributed by atoms with Crippen LogP contribution >= 0.6 is 0 Å². The van der Waals surface area contributed by atoms with E-state index < -0.39 is 10.2 Å². The second-order valence-electron chi connectivity index (χ2n) is 6.31. The Hall–Kier alpha value is -0.950. The van der Waals surface area contributed by atoms with Crippen molar-refractivity contribution < 1.29 is 13.2 Å². The van der Waals surface area contributed by atoms with Crippen LogP contribution in [0, 0.1) is 6.92 Å². The first-order valence-corrected chi connectivity index (χ1v) is 9.30. The van der Waals surface area contributed by atoms with Crippen molar-refractivity contribution in [2.45, 2.75) is 45.3 Å². The van der Waals surface area contributed by atoms with Crippen molar-refractivity contribution >= 4 is 10.2 Å². The molecule has 1 unspecified atom stereocenters. The molecule has 1 heterocycles. The smallest absolute Gasteiger partial charge is 0.282 e. The van der Waals surface area contributed by atoms with Gasteiger partial charge in [-0.1, -0.05) is 29.8 Å². The van der Waals surface area contributed by atoms with Crippen LogP contribution in [-0.2, 0) is 21.5 Å². The molecule has 5 nitrogen and oxygen atoms in total. The van der Waals surface area contributed by atoms with Crippen LogP contribution in [0.25, 0.3) is 0 Å². The molecule has 1 saturated carbocycles. The third kappa shape index (κ3) is 3.35. The number of rotatable bonds is 5. The van der Waals surface area contributed by atoms with Gasteiger partial charge in [0.25, 0.3) is 10.2 Å². The highest BCUT2D eigenvalue weighted by Gasteiger charge is 2.42. The third-order valence-electron chi connectivity index (χ3n) is 4.27. The largest absolute Gasteiger partial charge is 0.378 e. The van der Waals surface area contributed by atoms with Crippen LogP contribution in [0.4, 0.5) is 0 Å². The lowest BCUT2D eigenvalue weighted by Crippen LogP contribution is -2.53. The standard InChI is InChI=1S/C16H24N2O3S/c1-13-4-3-5-15(10-13)11-18(16-6-7-16)22(19,20)17-8-9-21-12-14(17)2/h3-5,10,14,16H,6-9,11-12H2,1-2H3. The molecule has 1 aliphatic heterocycles. The van der Waals surface area contributed by atoms with E-state index in [1.54, 1.807) is 8.61 Å². The molecule has 2 aliphatic rings. The molecule has 122 valence electrons. The molecule has 0 N–H and O–H groups in total. The zero-order chi connectivity index (χ0) is 15.7. The third-order valence-corrected chi connectivity index (χ3v) is 6.43. The topological polar surface area (TPSA) is 49.9 Å². The van der Waals surface area contributed by atoms with Gasteiger partial charge in [-0.3, -0.25) is 0 Å². The van der Waals surface area contributed by atoms with Crippen LogP contribution in [0.5, 0.6) is 0 Å². The van der Waals surface area contributed by atoms with Gasteiger partial charge in [0.2, 0.25) is 0 Å². The lowest BCUT2D eigenvalue weighted by Gasteiger charge is -2.36. The van der Waals surface area contributed by atoms with Crippen LogP contribution in [0.2, 0.25) is 0 Å². The first-order chi connectivity index (χ1) is 10.5. The number of aryl methyl sites for hydroxylation is 1. The van der Waals surface area contributed by atoms with E-state index in [0.29, 0.717) is 26.3 Å². The Morgan fingerprint density at radius 1 is 1.36 bits per heavy atom. The van der Waals surface area contributed by atoms with E-state index in [9.17, 15) is 8.42 Å². The molecule has 1 atom stereocenters. The quantitative estimate of drug-likeness (QED) is 0.831. The summed E-state index contributed by atoms with van der Waals surface area (Å²) in [5.74, 6) is 0. The molecule has 0 aromatic heterocycles. The highest BCUT2D eigenvalue weighted by molar-refractivity contribution is 7.86. The monoisotopic (exact) mass is 324 g/mol. The summed E-state index contributed by atoms with van der Waals surface area (Å²) >= 11 is 0. The van der Waals surface area contributed by atoms with Gasteiger partial charge in [-0.25, -0.2) is 0 Å². The fourth-order valence-electron chi connectivity index (χ4n) is 2.94. The molecule has 0 amide bonds. The van der Waals surface area contributed by atoms with Crippen molar-refractivity contribution in [3.05, 3.63) is 35.4 Å². The van der Waals surface area contributed by atoms with Gasteiger partial charge >= 0.3 is 0 Å². The molecule has 1 aromatic carbocycles. The lowest BCUT2D eigenvalue weighted by atomic mass is 10.1. The second-order valence-corrected chi connectivity index (χ2v) is 8.14. The Morgan fingerprint density at radius 2 is 2.14 bits per heavy atom. The summed E-state index contributed by atoms with van der Waals surface area (Å²) in [6.07, 6.45) is 1.92. The maximum atomic E-state index is 13.1. The Balaban J connectivity index is 1.83. The summed E-state index contributed by atoms with van der Waals surface area (Å²) in [6.45, 7) is 5.80. The van der Waals surface area contributed by atoms with Gasteiger partial charge in [-0.2, -0.15) is 17.0 Å². The molecule has 0 spiro atoms. The summed E-state index contributed by atoms with van der Waals surface area (Å²) in [7, 11) is -3.43. The van der Waals surface area contributed by atoms with Gasteiger partial charge in [-0.15, -0.1) is 0 Å². The van der Waals surface area contributed by atoms with Crippen molar-refractivity contribution in [2.75, 3.05) is 19.8 Å². The SMILES string of the molecule is Cc1cccc(CN(C2CC2)S(=O)(=O)N2CCOCC2C)c1. The van der Waals surface area contributed by atoms with Gasteiger partial charge in [0.1, 0.15) is 0 Å². The predicted molar refractivity (Wildman–Crippen MR) is 85.7 cm³/mol. The number of benzene rings is 1. The van der Waals surface area contributed by atoms with E-state index in [2.05, 4.69) is 6.07 Å².